The van der Waals surface area contributed by atoms with Crippen LogP contribution in [0.5, 0.6) is 17.2 Å². The highest BCUT2D eigenvalue weighted by Gasteiger charge is 2.24. The Morgan fingerprint density at radius 1 is 1.03 bits per heavy atom. The number of nitrogens with zero attached hydrogens (tertiary/aromatic N) is 1. The fourth-order valence-electron chi connectivity index (χ4n) is 4.15. The Balaban J connectivity index is 1.50. The van der Waals surface area contributed by atoms with Gasteiger partial charge in [-0.1, -0.05) is 24.3 Å². The zero-order valence-corrected chi connectivity index (χ0v) is 17.1. The zero-order chi connectivity index (χ0) is 20.2. The number of hydrogen-bond acceptors (Lipinski definition) is 4. The topological polar surface area (TPSA) is 46.4 Å². The number of para-hydroxylation sites is 2. The van der Waals surface area contributed by atoms with Crippen LogP contribution in [-0.4, -0.2) is 45.0 Å². The van der Waals surface area contributed by atoms with E-state index < -0.39 is 0 Å². The molecule has 0 atom stereocenters. The van der Waals surface area contributed by atoms with Gasteiger partial charge in [0.15, 0.2) is 0 Å². The van der Waals surface area contributed by atoms with E-state index in [-0.39, 0.29) is 0 Å². The number of fused-ring (bicyclic) bond motifs is 1. The number of benzene rings is 3. The third kappa shape index (κ3) is 4.10. The maximum Gasteiger partial charge on any atom is 0.142 e. The number of rotatable bonds is 6. The molecule has 4 rings (SSSR count). The van der Waals surface area contributed by atoms with Gasteiger partial charge in [-0.05, 0) is 48.0 Å². The molecule has 3 aromatic carbocycles. The van der Waals surface area contributed by atoms with Crippen LogP contribution in [0.1, 0.15) is 12.5 Å². The SMILES string of the molecule is CCOc1ccccc1N1CC[NH+](Cc2c(O)ccc3ccc(OC)cc23)CC1. The number of anilines is 1. The van der Waals surface area contributed by atoms with Crippen molar-refractivity contribution in [2.24, 2.45) is 0 Å². The van der Waals surface area contributed by atoms with Gasteiger partial charge in [0.05, 0.1) is 51.1 Å². The molecule has 2 N–H and O–H groups in total. The van der Waals surface area contributed by atoms with Crippen LogP contribution in [0.3, 0.4) is 0 Å². The van der Waals surface area contributed by atoms with Crippen LogP contribution in [-0.2, 0) is 6.54 Å². The monoisotopic (exact) mass is 393 g/mol. The fourth-order valence-corrected chi connectivity index (χ4v) is 4.15. The standard InChI is InChI=1S/C24H28N2O3/c1-3-29-24-7-5-4-6-22(24)26-14-12-25(13-15-26)17-21-20-16-19(28-2)10-8-18(20)9-11-23(21)27/h4-11,16,27H,3,12-15,17H2,1-2H3/p+1. The van der Waals surface area contributed by atoms with Gasteiger partial charge in [0, 0.05) is 0 Å². The molecule has 1 heterocycles. The van der Waals surface area contributed by atoms with Crippen LogP contribution in [0.15, 0.2) is 54.6 Å². The smallest absolute Gasteiger partial charge is 0.142 e. The molecule has 0 spiro atoms. The van der Waals surface area contributed by atoms with Gasteiger partial charge in [-0.15, -0.1) is 0 Å². The lowest BCUT2D eigenvalue weighted by Gasteiger charge is -2.34. The van der Waals surface area contributed by atoms with E-state index in [0.29, 0.717) is 12.4 Å². The Kier molecular flexibility index (Phi) is 5.76. The normalized spacial score (nSPS) is 14.9. The number of phenolic OH excluding ortho intramolecular Hbond substituents is 1. The minimum absolute atomic E-state index is 0.363. The van der Waals surface area contributed by atoms with E-state index in [1.54, 1.807) is 13.2 Å². The largest absolute Gasteiger partial charge is 0.507 e. The van der Waals surface area contributed by atoms with Crippen LogP contribution in [0.25, 0.3) is 10.8 Å². The Hall–Kier alpha value is -2.92. The molecule has 1 fully saturated rings. The maximum absolute atomic E-state index is 10.5. The molecular weight excluding hydrogens is 364 g/mol. The van der Waals surface area contributed by atoms with Gasteiger partial charge in [0.2, 0.25) is 0 Å². The minimum atomic E-state index is 0.363. The van der Waals surface area contributed by atoms with Gasteiger partial charge in [-0.3, -0.25) is 0 Å². The molecule has 3 aromatic rings. The first-order chi connectivity index (χ1) is 14.2. The van der Waals surface area contributed by atoms with E-state index in [9.17, 15) is 5.11 Å². The summed E-state index contributed by atoms with van der Waals surface area (Å²) in [6, 6.07) is 18.1. The number of aromatic hydroxyl groups is 1. The minimum Gasteiger partial charge on any atom is -0.507 e. The Bertz CT molecular complexity index is 981. The summed E-state index contributed by atoms with van der Waals surface area (Å²) in [5, 5.41) is 12.7. The molecule has 1 aliphatic heterocycles. The Morgan fingerprint density at radius 2 is 1.79 bits per heavy atom. The quantitative estimate of drug-likeness (QED) is 0.676. The van der Waals surface area contributed by atoms with Crippen LogP contribution >= 0.6 is 0 Å². The predicted octanol–water partition coefficient (Wildman–Crippen LogP) is 2.86. The predicted molar refractivity (Wildman–Crippen MR) is 116 cm³/mol. The van der Waals surface area contributed by atoms with Gasteiger partial charge >= 0.3 is 0 Å². The molecule has 0 amide bonds. The molecule has 0 saturated carbocycles. The van der Waals surface area contributed by atoms with Crippen LogP contribution in [0, 0.1) is 0 Å². The van der Waals surface area contributed by atoms with Crippen molar-refractivity contribution in [1.29, 1.82) is 0 Å². The molecule has 0 unspecified atom stereocenters. The second kappa shape index (κ2) is 8.62. The summed E-state index contributed by atoms with van der Waals surface area (Å²) in [5.41, 5.74) is 2.17. The third-order valence-electron chi connectivity index (χ3n) is 5.72. The molecule has 0 bridgehead atoms. The maximum atomic E-state index is 10.5. The van der Waals surface area contributed by atoms with E-state index in [0.717, 1.165) is 60.6 Å². The summed E-state index contributed by atoms with van der Waals surface area (Å²) in [4.78, 5) is 3.88. The van der Waals surface area contributed by atoms with E-state index >= 15 is 0 Å². The highest BCUT2D eigenvalue weighted by atomic mass is 16.5. The van der Waals surface area contributed by atoms with Gasteiger partial charge < -0.3 is 24.4 Å². The van der Waals surface area contributed by atoms with Gasteiger partial charge in [-0.2, -0.15) is 0 Å². The molecular formula is C24H29N2O3+. The molecule has 5 nitrogen and oxygen atoms in total. The summed E-state index contributed by atoms with van der Waals surface area (Å²) in [5.74, 6) is 2.14. The Labute approximate surface area is 172 Å². The average molecular weight is 394 g/mol. The number of phenols is 1. The van der Waals surface area contributed by atoms with Crippen molar-refractivity contribution in [2.45, 2.75) is 13.5 Å². The van der Waals surface area contributed by atoms with Crippen molar-refractivity contribution >= 4 is 16.5 Å². The van der Waals surface area contributed by atoms with E-state index in [4.69, 9.17) is 9.47 Å². The zero-order valence-electron chi connectivity index (χ0n) is 17.1. The number of nitrogens with one attached hydrogen (secondary N) is 1. The lowest BCUT2D eigenvalue weighted by molar-refractivity contribution is -0.914. The van der Waals surface area contributed by atoms with E-state index in [1.807, 2.05) is 37.3 Å². The van der Waals surface area contributed by atoms with Crippen LogP contribution in [0.2, 0.25) is 0 Å². The van der Waals surface area contributed by atoms with E-state index in [2.05, 4.69) is 23.1 Å². The van der Waals surface area contributed by atoms with Crippen LogP contribution in [0.4, 0.5) is 5.69 Å². The van der Waals surface area contributed by atoms with Crippen molar-refractivity contribution in [3.05, 3.63) is 60.2 Å². The van der Waals surface area contributed by atoms with Crippen molar-refractivity contribution < 1.29 is 19.5 Å². The second-order valence-corrected chi connectivity index (χ2v) is 7.46. The number of methoxy groups -OCH3 is 1. The molecule has 0 aliphatic carbocycles. The molecule has 0 radical (unpaired) electrons. The summed E-state index contributed by atoms with van der Waals surface area (Å²) >= 11 is 0. The molecule has 29 heavy (non-hydrogen) atoms. The first-order valence-electron chi connectivity index (χ1n) is 10.3. The number of quaternary nitrogens is 1. The summed E-state index contributed by atoms with van der Waals surface area (Å²) in [7, 11) is 1.67. The lowest BCUT2D eigenvalue weighted by Crippen LogP contribution is -3.13. The van der Waals surface area contributed by atoms with Gasteiger partial charge in [-0.25, -0.2) is 0 Å². The van der Waals surface area contributed by atoms with Crippen molar-refractivity contribution in [1.82, 2.24) is 0 Å². The highest BCUT2D eigenvalue weighted by molar-refractivity contribution is 5.88. The first-order valence-corrected chi connectivity index (χ1v) is 10.3. The van der Waals surface area contributed by atoms with Crippen molar-refractivity contribution in [3.63, 3.8) is 0 Å². The molecule has 1 saturated heterocycles. The third-order valence-corrected chi connectivity index (χ3v) is 5.72. The number of piperazine rings is 1. The first kappa shape index (κ1) is 19.4. The molecule has 5 heteroatoms. The lowest BCUT2D eigenvalue weighted by atomic mass is 10.0. The second-order valence-electron chi connectivity index (χ2n) is 7.46. The van der Waals surface area contributed by atoms with Crippen molar-refractivity contribution in [2.75, 3.05) is 44.8 Å². The Morgan fingerprint density at radius 3 is 2.55 bits per heavy atom. The fraction of sp³-hybridized carbons (Fsp3) is 0.333. The average Bonchev–Trinajstić information content (AvgIpc) is 2.76. The summed E-state index contributed by atoms with van der Waals surface area (Å²) in [6.45, 7) is 7.46. The van der Waals surface area contributed by atoms with Gasteiger partial charge in [0.1, 0.15) is 23.8 Å². The number of hydrogen-bond donors (Lipinski definition) is 2. The summed E-state index contributed by atoms with van der Waals surface area (Å²) < 4.78 is 11.2. The van der Waals surface area contributed by atoms with Gasteiger partial charge in [0.25, 0.3) is 0 Å². The molecule has 152 valence electrons. The van der Waals surface area contributed by atoms with Crippen LogP contribution < -0.4 is 19.3 Å². The number of ether oxygens (including phenoxy) is 2. The highest BCUT2D eigenvalue weighted by Crippen LogP contribution is 2.30. The molecule has 1 aliphatic rings. The molecule has 0 aromatic heterocycles. The van der Waals surface area contributed by atoms with Crippen molar-refractivity contribution in [3.8, 4) is 17.2 Å². The summed E-state index contributed by atoms with van der Waals surface area (Å²) in [6.07, 6.45) is 0. The van der Waals surface area contributed by atoms with E-state index in [1.165, 1.54) is 10.6 Å².